The Kier molecular flexibility index (Phi) is 4.60. The second-order valence-electron chi connectivity index (χ2n) is 4.28. The monoisotopic (exact) mass is 312 g/mol. The maximum Gasteiger partial charge on any atom is 0.233 e. The van der Waals surface area contributed by atoms with Crippen molar-refractivity contribution in [2.75, 3.05) is 20.2 Å². The molecule has 1 amide bonds. The van der Waals surface area contributed by atoms with Gasteiger partial charge in [-0.3, -0.25) is 4.79 Å². The molecule has 0 saturated heterocycles. The molecule has 2 N–H and O–H groups in total. The van der Waals surface area contributed by atoms with E-state index in [2.05, 4.69) is 26.6 Å². The van der Waals surface area contributed by atoms with Gasteiger partial charge in [0.2, 0.25) is 5.91 Å². The minimum absolute atomic E-state index is 0.00109. The van der Waals surface area contributed by atoms with E-state index in [1.807, 2.05) is 18.2 Å². The number of benzene rings is 1. The number of halogens is 1. The Morgan fingerprint density at radius 1 is 1.56 bits per heavy atom. The van der Waals surface area contributed by atoms with Gasteiger partial charge in [0.25, 0.3) is 0 Å². The molecule has 0 radical (unpaired) electrons. The SMILES string of the molecule is CNC(=O)CNC1CCCOc2cc(Br)ccc21. The van der Waals surface area contributed by atoms with Crippen molar-refractivity contribution in [1.29, 1.82) is 0 Å². The topological polar surface area (TPSA) is 50.4 Å². The summed E-state index contributed by atoms with van der Waals surface area (Å²) in [5.41, 5.74) is 1.12. The highest BCUT2D eigenvalue weighted by Gasteiger charge is 2.20. The number of carbonyl (C=O) groups is 1. The van der Waals surface area contributed by atoms with E-state index in [1.54, 1.807) is 7.05 Å². The van der Waals surface area contributed by atoms with Gasteiger partial charge < -0.3 is 15.4 Å². The van der Waals surface area contributed by atoms with Crippen LogP contribution in [0.4, 0.5) is 0 Å². The molecule has 1 aromatic rings. The van der Waals surface area contributed by atoms with Crippen LogP contribution in [0.3, 0.4) is 0 Å². The van der Waals surface area contributed by atoms with Crippen LogP contribution in [0.5, 0.6) is 5.75 Å². The number of hydrogen-bond acceptors (Lipinski definition) is 3. The first kappa shape index (κ1) is 13.4. The van der Waals surface area contributed by atoms with Crippen LogP contribution in [0.1, 0.15) is 24.4 Å². The third kappa shape index (κ3) is 3.23. The molecule has 0 spiro atoms. The lowest BCUT2D eigenvalue weighted by molar-refractivity contribution is -0.119. The number of nitrogens with one attached hydrogen (secondary N) is 2. The summed E-state index contributed by atoms with van der Waals surface area (Å²) in [5.74, 6) is 0.898. The summed E-state index contributed by atoms with van der Waals surface area (Å²) in [4.78, 5) is 11.3. The minimum atomic E-state index is -0.00109. The number of fused-ring (bicyclic) bond motifs is 1. The molecule has 0 fully saturated rings. The molecule has 0 saturated carbocycles. The summed E-state index contributed by atoms with van der Waals surface area (Å²) in [7, 11) is 1.64. The second kappa shape index (κ2) is 6.20. The van der Waals surface area contributed by atoms with Gasteiger partial charge in [-0.2, -0.15) is 0 Å². The highest BCUT2D eigenvalue weighted by atomic mass is 79.9. The molecule has 1 heterocycles. The quantitative estimate of drug-likeness (QED) is 0.897. The van der Waals surface area contributed by atoms with Crippen molar-refractivity contribution >= 4 is 21.8 Å². The van der Waals surface area contributed by atoms with E-state index in [0.717, 1.165) is 35.2 Å². The smallest absolute Gasteiger partial charge is 0.233 e. The average Bonchev–Trinajstić information content (AvgIpc) is 2.57. The fourth-order valence-corrected chi connectivity index (χ4v) is 2.40. The van der Waals surface area contributed by atoms with Gasteiger partial charge in [0, 0.05) is 23.1 Å². The minimum Gasteiger partial charge on any atom is -0.493 e. The number of rotatable bonds is 3. The molecule has 2 rings (SSSR count). The van der Waals surface area contributed by atoms with E-state index in [4.69, 9.17) is 4.74 Å². The van der Waals surface area contributed by atoms with Crippen LogP contribution in [0.25, 0.3) is 0 Å². The molecule has 1 atom stereocenters. The van der Waals surface area contributed by atoms with Crippen molar-refractivity contribution in [2.45, 2.75) is 18.9 Å². The van der Waals surface area contributed by atoms with Crippen LogP contribution < -0.4 is 15.4 Å². The second-order valence-corrected chi connectivity index (χ2v) is 5.20. The van der Waals surface area contributed by atoms with E-state index in [0.29, 0.717) is 6.54 Å². The van der Waals surface area contributed by atoms with Crippen LogP contribution in [-0.4, -0.2) is 26.1 Å². The van der Waals surface area contributed by atoms with Gasteiger partial charge >= 0.3 is 0 Å². The van der Waals surface area contributed by atoms with Gasteiger partial charge in [0.05, 0.1) is 13.2 Å². The molecule has 18 heavy (non-hydrogen) atoms. The molecule has 0 aromatic heterocycles. The van der Waals surface area contributed by atoms with Crippen LogP contribution in [0, 0.1) is 0 Å². The van der Waals surface area contributed by atoms with Crippen molar-refractivity contribution in [3.05, 3.63) is 28.2 Å². The maximum atomic E-state index is 11.3. The molecular weight excluding hydrogens is 296 g/mol. The molecular formula is C13H17BrN2O2. The predicted octanol–water partition coefficient (Wildman–Crippen LogP) is 2.00. The summed E-state index contributed by atoms with van der Waals surface area (Å²) >= 11 is 3.44. The largest absolute Gasteiger partial charge is 0.493 e. The third-order valence-electron chi connectivity index (χ3n) is 3.03. The molecule has 1 unspecified atom stereocenters. The zero-order valence-electron chi connectivity index (χ0n) is 10.3. The highest BCUT2D eigenvalue weighted by Crippen LogP contribution is 2.33. The van der Waals surface area contributed by atoms with Crippen molar-refractivity contribution < 1.29 is 9.53 Å². The third-order valence-corrected chi connectivity index (χ3v) is 3.53. The van der Waals surface area contributed by atoms with Crippen molar-refractivity contribution in [2.24, 2.45) is 0 Å². The van der Waals surface area contributed by atoms with Gasteiger partial charge in [-0.1, -0.05) is 22.0 Å². The number of hydrogen-bond donors (Lipinski definition) is 2. The Labute approximate surface area is 115 Å². The Morgan fingerprint density at radius 3 is 3.17 bits per heavy atom. The number of amides is 1. The first-order valence-electron chi connectivity index (χ1n) is 6.07. The van der Waals surface area contributed by atoms with E-state index < -0.39 is 0 Å². The fourth-order valence-electron chi connectivity index (χ4n) is 2.06. The van der Waals surface area contributed by atoms with Gasteiger partial charge in [-0.25, -0.2) is 0 Å². The van der Waals surface area contributed by atoms with E-state index in [1.165, 1.54) is 0 Å². The summed E-state index contributed by atoms with van der Waals surface area (Å²) < 4.78 is 6.73. The van der Waals surface area contributed by atoms with Crippen LogP contribution in [0.15, 0.2) is 22.7 Å². The van der Waals surface area contributed by atoms with Gasteiger partial charge in [-0.05, 0) is 25.0 Å². The molecule has 98 valence electrons. The first-order valence-corrected chi connectivity index (χ1v) is 6.86. The molecule has 4 nitrogen and oxygen atoms in total. The van der Waals surface area contributed by atoms with Crippen LogP contribution >= 0.6 is 15.9 Å². The lowest BCUT2D eigenvalue weighted by Crippen LogP contribution is -2.33. The van der Waals surface area contributed by atoms with Crippen molar-refractivity contribution in [3.63, 3.8) is 0 Å². The van der Waals surface area contributed by atoms with Crippen molar-refractivity contribution in [1.82, 2.24) is 10.6 Å². The van der Waals surface area contributed by atoms with Crippen molar-refractivity contribution in [3.8, 4) is 5.75 Å². The molecule has 1 aromatic carbocycles. The predicted molar refractivity (Wildman–Crippen MR) is 73.7 cm³/mol. The summed E-state index contributed by atoms with van der Waals surface area (Å²) in [5, 5.41) is 5.89. The highest BCUT2D eigenvalue weighted by molar-refractivity contribution is 9.10. The van der Waals surface area contributed by atoms with E-state index in [-0.39, 0.29) is 11.9 Å². The Morgan fingerprint density at radius 2 is 2.39 bits per heavy atom. The Balaban J connectivity index is 2.14. The first-order chi connectivity index (χ1) is 8.70. The lowest BCUT2D eigenvalue weighted by Gasteiger charge is -2.18. The van der Waals surface area contributed by atoms with Crippen LogP contribution in [-0.2, 0) is 4.79 Å². The molecule has 1 aliphatic heterocycles. The summed E-state index contributed by atoms with van der Waals surface area (Å²) in [6, 6.07) is 6.21. The van der Waals surface area contributed by atoms with Gasteiger partial charge in [0.1, 0.15) is 5.75 Å². The average molecular weight is 313 g/mol. The number of likely N-dealkylation sites (N-methyl/N-ethyl adjacent to an activating group) is 1. The lowest BCUT2D eigenvalue weighted by atomic mass is 10.0. The van der Waals surface area contributed by atoms with Gasteiger partial charge in [-0.15, -0.1) is 0 Å². The molecule has 0 aliphatic carbocycles. The Bertz CT molecular complexity index is 437. The van der Waals surface area contributed by atoms with Gasteiger partial charge in [0.15, 0.2) is 0 Å². The van der Waals surface area contributed by atoms with E-state index in [9.17, 15) is 4.79 Å². The molecule has 0 bridgehead atoms. The number of carbonyl (C=O) groups excluding carboxylic acids is 1. The zero-order chi connectivity index (χ0) is 13.0. The van der Waals surface area contributed by atoms with Crippen LogP contribution in [0.2, 0.25) is 0 Å². The summed E-state index contributed by atoms with van der Waals surface area (Å²) in [6.07, 6.45) is 1.96. The molecule has 5 heteroatoms. The van der Waals surface area contributed by atoms with E-state index >= 15 is 0 Å². The normalized spacial score (nSPS) is 18.4. The zero-order valence-corrected chi connectivity index (χ0v) is 11.9. The standard InChI is InChI=1S/C13H17BrN2O2/c1-15-13(17)8-16-11-3-2-6-18-12-7-9(14)4-5-10(11)12/h4-5,7,11,16H,2-3,6,8H2,1H3,(H,15,17). The molecule has 1 aliphatic rings. The summed E-state index contributed by atoms with van der Waals surface area (Å²) in [6.45, 7) is 1.05. The maximum absolute atomic E-state index is 11.3. The number of ether oxygens (including phenoxy) is 1. The fraction of sp³-hybridized carbons (Fsp3) is 0.462. The Hall–Kier alpha value is -1.07.